The number of benzene rings is 2. The van der Waals surface area contributed by atoms with Gasteiger partial charge in [-0.25, -0.2) is 9.59 Å². The SMILES string of the molecule is COc1cc(C(=O)OC(CC2C(=O)Oc3c(NC(=O)N4CCC(C)CC4)ccc(C)c32)CN2CCC(C)CC2)cc(OC)c1OC. The van der Waals surface area contributed by atoms with Gasteiger partial charge in [0.05, 0.1) is 38.5 Å². The number of hydrogen-bond acceptors (Lipinski definition) is 9. The van der Waals surface area contributed by atoms with Crippen LogP contribution in [0.1, 0.15) is 73.4 Å². The molecule has 46 heavy (non-hydrogen) atoms. The van der Waals surface area contributed by atoms with Crippen molar-refractivity contribution in [1.29, 1.82) is 0 Å². The Balaban J connectivity index is 1.39. The molecule has 2 unspecified atom stereocenters. The number of likely N-dealkylation sites (tertiary alicyclic amines) is 2. The first-order valence-corrected chi connectivity index (χ1v) is 16.3. The zero-order valence-electron chi connectivity index (χ0n) is 27.9. The first-order valence-electron chi connectivity index (χ1n) is 16.3. The summed E-state index contributed by atoms with van der Waals surface area (Å²) in [4.78, 5) is 44.3. The molecule has 11 nitrogen and oxygen atoms in total. The van der Waals surface area contributed by atoms with Crippen molar-refractivity contribution in [3.8, 4) is 23.0 Å². The Labute approximate surface area is 271 Å². The van der Waals surface area contributed by atoms with Crippen molar-refractivity contribution in [2.75, 3.05) is 59.4 Å². The number of nitrogens with one attached hydrogen (secondary N) is 1. The van der Waals surface area contributed by atoms with Gasteiger partial charge in [-0.3, -0.25) is 9.69 Å². The van der Waals surface area contributed by atoms with E-state index in [1.807, 2.05) is 13.0 Å². The van der Waals surface area contributed by atoms with E-state index in [1.54, 1.807) is 23.1 Å². The molecule has 1 N–H and O–H groups in total. The van der Waals surface area contributed by atoms with E-state index in [0.717, 1.165) is 49.9 Å². The molecular formula is C35H47N3O8. The van der Waals surface area contributed by atoms with Crippen molar-refractivity contribution >= 4 is 23.7 Å². The lowest BCUT2D eigenvalue weighted by Gasteiger charge is -2.33. The molecule has 2 saturated heterocycles. The van der Waals surface area contributed by atoms with Gasteiger partial charge in [0.1, 0.15) is 6.10 Å². The van der Waals surface area contributed by atoms with Crippen molar-refractivity contribution in [1.82, 2.24) is 9.80 Å². The zero-order chi connectivity index (χ0) is 33.0. The second-order valence-electron chi connectivity index (χ2n) is 12.9. The molecule has 2 aromatic carbocycles. The van der Waals surface area contributed by atoms with Crippen LogP contribution in [-0.4, -0.2) is 87.9 Å². The monoisotopic (exact) mass is 637 g/mol. The molecule has 5 rings (SSSR count). The van der Waals surface area contributed by atoms with Gasteiger partial charge < -0.3 is 33.9 Å². The Morgan fingerprint density at radius 2 is 1.54 bits per heavy atom. The molecule has 0 bridgehead atoms. The van der Waals surface area contributed by atoms with Crippen molar-refractivity contribution in [3.05, 3.63) is 41.0 Å². The summed E-state index contributed by atoms with van der Waals surface area (Å²) in [5, 5.41) is 2.99. The largest absolute Gasteiger partial charge is 0.493 e. The highest BCUT2D eigenvalue weighted by Crippen LogP contribution is 2.45. The third-order valence-corrected chi connectivity index (χ3v) is 9.57. The number of anilines is 1. The van der Waals surface area contributed by atoms with Crippen molar-refractivity contribution in [2.24, 2.45) is 11.8 Å². The van der Waals surface area contributed by atoms with E-state index in [-0.39, 0.29) is 18.0 Å². The molecule has 250 valence electrons. The number of nitrogens with zero attached hydrogens (tertiary/aromatic N) is 2. The highest BCUT2D eigenvalue weighted by atomic mass is 16.6. The Kier molecular flexibility index (Phi) is 10.6. The molecule has 11 heteroatoms. The van der Waals surface area contributed by atoms with Crippen LogP contribution in [0.2, 0.25) is 0 Å². The van der Waals surface area contributed by atoms with Gasteiger partial charge in [0.2, 0.25) is 5.75 Å². The van der Waals surface area contributed by atoms with Crippen molar-refractivity contribution in [3.63, 3.8) is 0 Å². The predicted molar refractivity (Wildman–Crippen MR) is 173 cm³/mol. The standard InChI is InChI=1S/C35H47N3O8/c1-21-9-13-37(14-10-21)20-25(45-33(39)24-17-28(42-4)32(44-6)29(18-24)43-5)19-26-30-23(3)7-8-27(31(30)46-34(26)40)36-35(41)38-15-11-22(2)12-16-38/h7-8,17-18,21-22,25-26H,9-16,19-20H2,1-6H3,(H,36,41). The van der Waals surface area contributed by atoms with Crippen molar-refractivity contribution in [2.45, 2.75) is 64.9 Å². The summed E-state index contributed by atoms with van der Waals surface area (Å²) in [7, 11) is 4.47. The lowest BCUT2D eigenvalue weighted by molar-refractivity contribution is -0.134. The lowest BCUT2D eigenvalue weighted by atomic mass is 9.90. The van der Waals surface area contributed by atoms with Gasteiger partial charge in [-0.15, -0.1) is 0 Å². The minimum Gasteiger partial charge on any atom is -0.493 e. The van der Waals surface area contributed by atoms with Crippen LogP contribution in [0.4, 0.5) is 10.5 Å². The number of piperidine rings is 2. The van der Waals surface area contributed by atoms with Crippen LogP contribution in [-0.2, 0) is 9.53 Å². The molecule has 3 aliphatic rings. The summed E-state index contributed by atoms with van der Waals surface area (Å²) in [5.74, 6) is 1.01. The highest BCUT2D eigenvalue weighted by molar-refractivity contribution is 5.96. The third kappa shape index (κ3) is 7.35. The quantitative estimate of drug-likeness (QED) is 0.261. The van der Waals surface area contributed by atoms with Crippen LogP contribution in [0.5, 0.6) is 23.0 Å². The third-order valence-electron chi connectivity index (χ3n) is 9.57. The topological polar surface area (TPSA) is 116 Å². The molecule has 3 aliphatic heterocycles. The second kappa shape index (κ2) is 14.6. The van der Waals surface area contributed by atoms with E-state index >= 15 is 0 Å². The Morgan fingerprint density at radius 3 is 2.13 bits per heavy atom. The van der Waals surface area contributed by atoms with Crippen LogP contribution in [0.25, 0.3) is 0 Å². The van der Waals surface area contributed by atoms with E-state index in [2.05, 4.69) is 24.1 Å². The number of ether oxygens (including phenoxy) is 5. The van der Waals surface area contributed by atoms with Crippen LogP contribution in [0.15, 0.2) is 24.3 Å². The maximum absolute atomic E-state index is 13.6. The van der Waals surface area contributed by atoms with Gasteiger partial charge in [0.25, 0.3) is 0 Å². The van der Waals surface area contributed by atoms with Gasteiger partial charge in [-0.2, -0.15) is 0 Å². The van der Waals surface area contributed by atoms with Crippen LogP contribution in [0.3, 0.4) is 0 Å². The average molecular weight is 638 g/mol. The second-order valence-corrected chi connectivity index (χ2v) is 12.9. The summed E-state index contributed by atoms with van der Waals surface area (Å²) in [5.41, 5.74) is 2.30. The summed E-state index contributed by atoms with van der Waals surface area (Å²) < 4.78 is 28.3. The molecule has 2 amide bonds. The number of urea groups is 1. The number of carbonyl (C=O) groups is 3. The van der Waals surface area contributed by atoms with E-state index in [0.29, 0.717) is 60.2 Å². The number of rotatable bonds is 10. The first-order chi connectivity index (χ1) is 22.1. The Morgan fingerprint density at radius 1 is 0.935 bits per heavy atom. The average Bonchev–Trinajstić information content (AvgIpc) is 3.38. The smallest absolute Gasteiger partial charge is 0.338 e. The molecule has 3 heterocycles. The van der Waals surface area contributed by atoms with Crippen LogP contribution in [0, 0.1) is 18.8 Å². The van der Waals surface area contributed by atoms with E-state index < -0.39 is 24.0 Å². The fraction of sp³-hybridized carbons (Fsp3) is 0.571. The summed E-state index contributed by atoms with van der Waals surface area (Å²) in [6, 6.07) is 6.60. The summed E-state index contributed by atoms with van der Waals surface area (Å²) in [6.07, 6.45) is 3.65. The number of aryl methyl sites for hydroxylation is 1. The molecular weight excluding hydrogens is 590 g/mol. The fourth-order valence-corrected chi connectivity index (χ4v) is 6.62. The van der Waals surface area contributed by atoms with Gasteiger partial charge >= 0.3 is 18.0 Å². The highest BCUT2D eigenvalue weighted by Gasteiger charge is 2.40. The normalized spacial score (nSPS) is 19.7. The minimum atomic E-state index is -0.663. The molecule has 0 aliphatic carbocycles. The molecule has 2 fully saturated rings. The number of carbonyl (C=O) groups excluding carboxylic acids is 3. The summed E-state index contributed by atoms with van der Waals surface area (Å²) >= 11 is 0. The molecule has 0 spiro atoms. The van der Waals surface area contributed by atoms with Crippen LogP contribution >= 0.6 is 0 Å². The maximum Gasteiger partial charge on any atom is 0.338 e. The number of hydrogen-bond donors (Lipinski definition) is 1. The minimum absolute atomic E-state index is 0.200. The number of methoxy groups -OCH3 is 3. The molecule has 0 radical (unpaired) electrons. The van der Waals surface area contributed by atoms with E-state index in [4.69, 9.17) is 23.7 Å². The molecule has 0 saturated carbocycles. The van der Waals surface area contributed by atoms with E-state index in [9.17, 15) is 14.4 Å². The predicted octanol–water partition coefficient (Wildman–Crippen LogP) is 5.63. The van der Waals surface area contributed by atoms with Gasteiger partial charge in [0, 0.05) is 31.6 Å². The lowest BCUT2D eigenvalue weighted by Crippen LogP contribution is -2.41. The van der Waals surface area contributed by atoms with Gasteiger partial charge in [0.15, 0.2) is 17.2 Å². The number of esters is 2. The fourth-order valence-electron chi connectivity index (χ4n) is 6.62. The molecule has 2 aromatic rings. The maximum atomic E-state index is 13.6. The number of fused-ring (bicyclic) bond motifs is 1. The zero-order valence-corrected chi connectivity index (χ0v) is 27.9. The molecule has 2 atom stereocenters. The van der Waals surface area contributed by atoms with Gasteiger partial charge in [-0.05, 0) is 81.3 Å². The van der Waals surface area contributed by atoms with E-state index in [1.165, 1.54) is 21.3 Å². The molecule has 0 aromatic heterocycles. The number of amides is 2. The van der Waals surface area contributed by atoms with Crippen LogP contribution < -0.4 is 24.3 Å². The first kappa shape index (κ1) is 33.4. The Hall–Kier alpha value is -3.99. The Bertz CT molecular complexity index is 1400. The summed E-state index contributed by atoms with van der Waals surface area (Å²) in [6.45, 7) is 10.00. The van der Waals surface area contributed by atoms with Gasteiger partial charge in [-0.1, -0.05) is 19.9 Å². The van der Waals surface area contributed by atoms with Crippen molar-refractivity contribution < 1.29 is 38.1 Å².